The second kappa shape index (κ2) is 7.15. The normalized spacial score (nSPS) is 12.0. The highest BCUT2D eigenvalue weighted by molar-refractivity contribution is 5.89. The maximum Gasteiger partial charge on any atom is 0.319 e. The largest absolute Gasteiger partial charge is 0.454 e. The molecular formula is C16H15N7O4. The molecule has 0 unspecified atom stereocenters. The van der Waals surface area contributed by atoms with Crippen molar-refractivity contribution in [2.75, 3.05) is 18.7 Å². The number of anilines is 1. The molecule has 3 heterocycles. The number of ether oxygens (including phenoxy) is 2. The summed E-state index contributed by atoms with van der Waals surface area (Å²) in [7, 11) is 0. The van der Waals surface area contributed by atoms with Crippen LogP contribution in [-0.4, -0.2) is 43.9 Å². The molecular weight excluding hydrogens is 354 g/mol. The SMILES string of the molecule is O=C(NCCn1nc(-n2cncn2)ccc1=O)Nc1ccc2c(c1)OCO2. The molecule has 2 amide bonds. The zero-order chi connectivity index (χ0) is 18.6. The second-order valence-electron chi connectivity index (χ2n) is 5.54. The average molecular weight is 369 g/mol. The van der Waals surface area contributed by atoms with Crippen molar-refractivity contribution in [1.82, 2.24) is 29.9 Å². The van der Waals surface area contributed by atoms with Gasteiger partial charge in [0.25, 0.3) is 5.56 Å². The molecule has 0 saturated heterocycles. The lowest BCUT2D eigenvalue weighted by molar-refractivity contribution is 0.174. The van der Waals surface area contributed by atoms with Gasteiger partial charge in [-0.2, -0.15) is 5.10 Å². The first-order chi connectivity index (χ1) is 13.2. The Balaban J connectivity index is 1.33. The summed E-state index contributed by atoms with van der Waals surface area (Å²) in [5.74, 6) is 1.67. The van der Waals surface area contributed by atoms with Crippen LogP contribution in [0.2, 0.25) is 0 Å². The summed E-state index contributed by atoms with van der Waals surface area (Å²) < 4.78 is 13.2. The Morgan fingerprint density at radius 3 is 2.93 bits per heavy atom. The summed E-state index contributed by atoms with van der Waals surface area (Å²) in [6, 6.07) is 7.63. The lowest BCUT2D eigenvalue weighted by Gasteiger charge is -2.09. The van der Waals surface area contributed by atoms with E-state index in [1.165, 1.54) is 28.1 Å². The van der Waals surface area contributed by atoms with Gasteiger partial charge in [-0.1, -0.05) is 0 Å². The quantitative estimate of drug-likeness (QED) is 0.666. The number of aromatic nitrogens is 5. The zero-order valence-electron chi connectivity index (χ0n) is 14.0. The minimum atomic E-state index is -0.408. The average Bonchev–Trinajstić information content (AvgIpc) is 3.34. The monoisotopic (exact) mass is 369 g/mol. The van der Waals surface area contributed by atoms with Gasteiger partial charge in [0.05, 0.1) is 6.54 Å². The van der Waals surface area contributed by atoms with E-state index in [4.69, 9.17) is 9.47 Å². The highest BCUT2D eigenvalue weighted by Crippen LogP contribution is 2.34. The smallest absolute Gasteiger partial charge is 0.319 e. The van der Waals surface area contributed by atoms with Crippen LogP contribution in [0.4, 0.5) is 10.5 Å². The fourth-order valence-electron chi connectivity index (χ4n) is 2.47. The number of carbonyl (C=O) groups excluding carboxylic acids is 1. The van der Waals surface area contributed by atoms with E-state index in [1.807, 2.05) is 0 Å². The Bertz CT molecular complexity index is 1020. The number of amides is 2. The summed E-state index contributed by atoms with van der Waals surface area (Å²) in [5, 5.41) is 13.5. The van der Waals surface area contributed by atoms with Crippen molar-refractivity contribution in [1.29, 1.82) is 0 Å². The molecule has 2 aromatic heterocycles. The molecule has 4 rings (SSSR count). The van der Waals surface area contributed by atoms with Crippen LogP contribution in [0.1, 0.15) is 0 Å². The Morgan fingerprint density at radius 2 is 2.07 bits per heavy atom. The van der Waals surface area contributed by atoms with Gasteiger partial charge in [-0.05, 0) is 18.2 Å². The molecule has 1 aromatic carbocycles. The number of rotatable bonds is 5. The molecule has 1 aliphatic heterocycles. The van der Waals surface area contributed by atoms with Gasteiger partial charge < -0.3 is 20.1 Å². The molecule has 27 heavy (non-hydrogen) atoms. The van der Waals surface area contributed by atoms with Gasteiger partial charge in [0, 0.05) is 24.4 Å². The molecule has 11 heteroatoms. The fourth-order valence-corrected chi connectivity index (χ4v) is 2.47. The number of urea groups is 1. The van der Waals surface area contributed by atoms with E-state index in [0.717, 1.165) is 0 Å². The van der Waals surface area contributed by atoms with Crippen LogP contribution in [0.15, 0.2) is 47.8 Å². The van der Waals surface area contributed by atoms with Crippen LogP contribution in [0.25, 0.3) is 5.82 Å². The lowest BCUT2D eigenvalue weighted by atomic mass is 10.3. The number of benzene rings is 1. The molecule has 0 atom stereocenters. The number of nitrogens with zero attached hydrogens (tertiary/aromatic N) is 5. The molecule has 0 bridgehead atoms. The molecule has 3 aromatic rings. The van der Waals surface area contributed by atoms with Gasteiger partial charge in [0.1, 0.15) is 12.7 Å². The van der Waals surface area contributed by atoms with Crippen molar-refractivity contribution in [2.45, 2.75) is 6.54 Å². The van der Waals surface area contributed by atoms with Gasteiger partial charge in [0.15, 0.2) is 17.3 Å². The van der Waals surface area contributed by atoms with E-state index in [2.05, 4.69) is 25.8 Å². The van der Waals surface area contributed by atoms with Crippen LogP contribution in [0.5, 0.6) is 11.5 Å². The molecule has 1 aliphatic rings. The standard InChI is InChI=1S/C16H15N7O4/c24-15-4-3-14(23-9-17-8-19-23)21-22(15)6-5-18-16(25)20-11-1-2-12-13(7-11)27-10-26-12/h1-4,7-9H,5-6,10H2,(H2,18,20,25). The summed E-state index contributed by atoms with van der Waals surface area (Å²) in [6.45, 7) is 0.584. The molecule has 0 radical (unpaired) electrons. The van der Waals surface area contributed by atoms with Crippen molar-refractivity contribution < 1.29 is 14.3 Å². The van der Waals surface area contributed by atoms with E-state index in [0.29, 0.717) is 23.0 Å². The predicted molar refractivity (Wildman–Crippen MR) is 93.0 cm³/mol. The third kappa shape index (κ3) is 3.71. The molecule has 0 spiro atoms. The number of carbonyl (C=O) groups is 1. The minimum Gasteiger partial charge on any atom is -0.454 e. The van der Waals surface area contributed by atoms with Gasteiger partial charge in [0.2, 0.25) is 6.79 Å². The van der Waals surface area contributed by atoms with Gasteiger partial charge >= 0.3 is 6.03 Å². The van der Waals surface area contributed by atoms with Gasteiger partial charge in [-0.25, -0.2) is 19.1 Å². The van der Waals surface area contributed by atoms with Crippen molar-refractivity contribution in [3.8, 4) is 17.3 Å². The Labute approximate surface area is 152 Å². The van der Waals surface area contributed by atoms with E-state index in [1.54, 1.807) is 24.3 Å². The molecule has 2 N–H and O–H groups in total. The van der Waals surface area contributed by atoms with Crippen molar-refractivity contribution in [2.24, 2.45) is 0 Å². The molecule has 0 aliphatic carbocycles. The van der Waals surface area contributed by atoms with Gasteiger partial charge in [-0.3, -0.25) is 4.79 Å². The maximum atomic E-state index is 12.0. The van der Waals surface area contributed by atoms with E-state index >= 15 is 0 Å². The van der Waals surface area contributed by atoms with Gasteiger partial charge in [-0.15, -0.1) is 5.10 Å². The van der Waals surface area contributed by atoms with Crippen LogP contribution in [-0.2, 0) is 6.54 Å². The first-order valence-corrected chi connectivity index (χ1v) is 8.07. The minimum absolute atomic E-state index is 0.167. The fraction of sp³-hybridized carbons (Fsp3) is 0.188. The van der Waals surface area contributed by atoms with E-state index in [-0.39, 0.29) is 25.4 Å². The summed E-state index contributed by atoms with van der Waals surface area (Å²) in [5.41, 5.74) is 0.289. The Kier molecular flexibility index (Phi) is 4.39. The summed E-state index contributed by atoms with van der Waals surface area (Å²) >= 11 is 0. The van der Waals surface area contributed by atoms with Crippen LogP contribution in [0, 0.1) is 0 Å². The Morgan fingerprint density at radius 1 is 1.19 bits per heavy atom. The molecule has 0 fully saturated rings. The summed E-state index contributed by atoms with van der Waals surface area (Å²) in [6.07, 6.45) is 2.85. The first kappa shape index (κ1) is 16.6. The van der Waals surface area contributed by atoms with Crippen molar-refractivity contribution in [3.05, 3.63) is 53.3 Å². The topological polar surface area (TPSA) is 125 Å². The van der Waals surface area contributed by atoms with Crippen LogP contribution in [0.3, 0.4) is 0 Å². The lowest BCUT2D eigenvalue weighted by Crippen LogP contribution is -2.34. The van der Waals surface area contributed by atoms with Crippen LogP contribution < -0.4 is 25.7 Å². The first-order valence-electron chi connectivity index (χ1n) is 8.07. The number of fused-ring (bicyclic) bond motifs is 1. The highest BCUT2D eigenvalue weighted by Gasteiger charge is 2.14. The van der Waals surface area contributed by atoms with E-state index in [9.17, 15) is 9.59 Å². The van der Waals surface area contributed by atoms with Crippen molar-refractivity contribution in [3.63, 3.8) is 0 Å². The van der Waals surface area contributed by atoms with Crippen molar-refractivity contribution >= 4 is 11.7 Å². The maximum absolute atomic E-state index is 12.0. The number of hydrogen-bond acceptors (Lipinski definition) is 7. The number of hydrogen-bond donors (Lipinski definition) is 2. The Hall–Kier alpha value is -3.89. The number of nitrogens with one attached hydrogen (secondary N) is 2. The van der Waals surface area contributed by atoms with Crippen LogP contribution >= 0.6 is 0 Å². The predicted octanol–water partition coefficient (Wildman–Crippen LogP) is 0.374. The second-order valence-corrected chi connectivity index (χ2v) is 5.54. The van der Waals surface area contributed by atoms with E-state index < -0.39 is 6.03 Å². The third-order valence-electron chi connectivity index (χ3n) is 3.75. The highest BCUT2D eigenvalue weighted by atomic mass is 16.7. The zero-order valence-corrected chi connectivity index (χ0v) is 14.0. The molecule has 0 saturated carbocycles. The summed E-state index contributed by atoms with van der Waals surface area (Å²) in [4.78, 5) is 27.8. The molecule has 138 valence electrons. The third-order valence-corrected chi connectivity index (χ3v) is 3.75. The molecule has 11 nitrogen and oxygen atoms in total.